The molecule has 2 unspecified atom stereocenters. The Hall–Kier alpha value is -1.48. The van der Waals surface area contributed by atoms with Gasteiger partial charge >= 0.3 is 0 Å². The summed E-state index contributed by atoms with van der Waals surface area (Å²) in [7, 11) is 0. The van der Waals surface area contributed by atoms with Crippen LogP contribution in [0, 0.1) is 0 Å². The largest absolute Gasteiger partial charge is 0.486 e. The predicted molar refractivity (Wildman–Crippen MR) is 55.9 cm³/mol. The average Bonchev–Trinajstić information content (AvgIpc) is 2.69. The number of ether oxygens (including phenoxy) is 2. The van der Waals surface area contributed by atoms with Gasteiger partial charge in [-0.15, -0.1) is 0 Å². The van der Waals surface area contributed by atoms with Crippen molar-refractivity contribution in [3.05, 3.63) is 41.6 Å². The molecule has 2 atom stereocenters. The van der Waals surface area contributed by atoms with E-state index < -0.39 is 6.10 Å². The van der Waals surface area contributed by atoms with Gasteiger partial charge in [-0.3, -0.25) is 4.79 Å². The number of carbonyl (C=O) groups excluding carboxylic acids is 1. The van der Waals surface area contributed by atoms with Gasteiger partial charge in [-0.1, -0.05) is 11.6 Å². The zero-order chi connectivity index (χ0) is 10.7. The molecule has 78 valence electrons. The van der Waals surface area contributed by atoms with E-state index >= 15 is 0 Å². The van der Waals surface area contributed by atoms with Crippen molar-refractivity contribution in [1.82, 2.24) is 0 Å². The Labute approximate surface area is 92.3 Å². The summed E-state index contributed by atoms with van der Waals surface area (Å²) in [5, 5.41) is 0.646. The highest BCUT2D eigenvalue weighted by atomic mass is 35.5. The van der Waals surface area contributed by atoms with Crippen LogP contribution in [0.2, 0.25) is 5.02 Å². The number of aldehydes is 1. The standard InChI is InChI=1S/C11H9ClO3/c12-8-1-3-9(4-2-8)15-10-5-6-14-11(10)7-13/h1-7,10-11H. The van der Waals surface area contributed by atoms with Crippen molar-refractivity contribution in [1.29, 1.82) is 0 Å². The van der Waals surface area contributed by atoms with Gasteiger partial charge < -0.3 is 9.47 Å². The van der Waals surface area contributed by atoms with Gasteiger partial charge in [-0.2, -0.15) is 0 Å². The molecule has 0 aromatic heterocycles. The second-order valence-electron chi connectivity index (χ2n) is 3.10. The van der Waals surface area contributed by atoms with Crippen LogP contribution in [0.3, 0.4) is 0 Å². The molecule has 0 radical (unpaired) electrons. The van der Waals surface area contributed by atoms with E-state index in [-0.39, 0.29) is 6.10 Å². The maximum atomic E-state index is 10.6. The zero-order valence-electron chi connectivity index (χ0n) is 7.80. The monoisotopic (exact) mass is 224 g/mol. The number of benzene rings is 1. The van der Waals surface area contributed by atoms with Crippen LogP contribution in [0.4, 0.5) is 0 Å². The summed E-state index contributed by atoms with van der Waals surface area (Å²) in [6.07, 6.45) is 2.98. The molecule has 1 aliphatic rings. The van der Waals surface area contributed by atoms with Gasteiger partial charge in [0, 0.05) is 5.02 Å². The Morgan fingerprint density at radius 1 is 1.33 bits per heavy atom. The fourth-order valence-corrected chi connectivity index (χ4v) is 1.41. The van der Waals surface area contributed by atoms with Crippen LogP contribution in [-0.4, -0.2) is 18.5 Å². The lowest BCUT2D eigenvalue weighted by atomic mass is 10.2. The Kier molecular flexibility index (Phi) is 2.92. The highest BCUT2D eigenvalue weighted by molar-refractivity contribution is 6.30. The quantitative estimate of drug-likeness (QED) is 0.739. The van der Waals surface area contributed by atoms with Gasteiger partial charge in [-0.05, 0) is 30.3 Å². The molecule has 0 spiro atoms. The molecule has 3 nitrogen and oxygen atoms in total. The molecule has 0 amide bonds. The van der Waals surface area contributed by atoms with Crippen LogP contribution in [0.25, 0.3) is 0 Å². The zero-order valence-corrected chi connectivity index (χ0v) is 8.55. The lowest BCUT2D eigenvalue weighted by molar-refractivity contribution is -0.117. The molecule has 15 heavy (non-hydrogen) atoms. The van der Waals surface area contributed by atoms with Crippen molar-refractivity contribution < 1.29 is 14.3 Å². The van der Waals surface area contributed by atoms with Crippen molar-refractivity contribution in [2.24, 2.45) is 0 Å². The van der Waals surface area contributed by atoms with E-state index in [1.54, 1.807) is 30.3 Å². The van der Waals surface area contributed by atoms with Crippen LogP contribution in [0.5, 0.6) is 5.75 Å². The van der Waals surface area contributed by atoms with E-state index in [9.17, 15) is 4.79 Å². The van der Waals surface area contributed by atoms with E-state index in [1.165, 1.54) is 6.26 Å². The maximum Gasteiger partial charge on any atom is 0.193 e. The maximum absolute atomic E-state index is 10.6. The molecule has 1 aromatic carbocycles. The van der Waals surface area contributed by atoms with Gasteiger partial charge in [-0.25, -0.2) is 0 Å². The molecule has 1 aromatic rings. The molecule has 1 heterocycles. The first-order valence-corrected chi connectivity index (χ1v) is 4.87. The minimum absolute atomic E-state index is 0.358. The molecule has 4 heteroatoms. The summed E-state index contributed by atoms with van der Waals surface area (Å²) >= 11 is 5.73. The third-order valence-electron chi connectivity index (χ3n) is 2.05. The predicted octanol–water partition coefficient (Wildman–Crippen LogP) is 2.20. The van der Waals surface area contributed by atoms with Gasteiger partial charge in [0.1, 0.15) is 5.75 Å². The average molecular weight is 225 g/mol. The van der Waals surface area contributed by atoms with Gasteiger partial charge in [0.25, 0.3) is 0 Å². The minimum atomic E-state index is -0.555. The third kappa shape index (κ3) is 2.30. The van der Waals surface area contributed by atoms with E-state index in [4.69, 9.17) is 21.1 Å². The number of hydrogen-bond donors (Lipinski definition) is 0. The van der Waals surface area contributed by atoms with E-state index in [1.807, 2.05) is 0 Å². The number of rotatable bonds is 3. The second kappa shape index (κ2) is 4.36. The van der Waals surface area contributed by atoms with Gasteiger partial charge in [0.2, 0.25) is 0 Å². The fourth-order valence-electron chi connectivity index (χ4n) is 1.29. The van der Waals surface area contributed by atoms with E-state index in [0.29, 0.717) is 10.8 Å². The Morgan fingerprint density at radius 3 is 2.73 bits per heavy atom. The third-order valence-corrected chi connectivity index (χ3v) is 2.30. The molecule has 0 bridgehead atoms. The minimum Gasteiger partial charge on any atom is -0.486 e. The molecular weight excluding hydrogens is 216 g/mol. The van der Waals surface area contributed by atoms with Gasteiger partial charge in [0.05, 0.1) is 6.26 Å². The molecule has 0 aliphatic carbocycles. The van der Waals surface area contributed by atoms with Crippen molar-refractivity contribution in [2.75, 3.05) is 0 Å². The topological polar surface area (TPSA) is 35.5 Å². The van der Waals surface area contributed by atoms with Crippen molar-refractivity contribution >= 4 is 17.9 Å². The molecule has 0 saturated heterocycles. The van der Waals surface area contributed by atoms with Crippen LogP contribution in [0.15, 0.2) is 36.6 Å². The lowest BCUT2D eigenvalue weighted by Crippen LogP contribution is -2.28. The SMILES string of the molecule is O=CC1OC=CC1Oc1ccc(Cl)cc1. The van der Waals surface area contributed by atoms with Crippen LogP contribution in [0.1, 0.15) is 0 Å². The Bertz CT molecular complexity index is 372. The van der Waals surface area contributed by atoms with E-state index in [0.717, 1.165) is 6.29 Å². The van der Waals surface area contributed by atoms with E-state index in [2.05, 4.69) is 0 Å². The number of carbonyl (C=O) groups is 1. The molecular formula is C11H9ClO3. The normalized spacial score (nSPS) is 23.5. The summed E-state index contributed by atoms with van der Waals surface area (Å²) in [4.78, 5) is 10.6. The first-order chi connectivity index (χ1) is 7.29. The summed E-state index contributed by atoms with van der Waals surface area (Å²) in [5.74, 6) is 0.659. The van der Waals surface area contributed by atoms with Crippen molar-refractivity contribution in [3.8, 4) is 5.75 Å². The smallest absolute Gasteiger partial charge is 0.193 e. The summed E-state index contributed by atoms with van der Waals surface area (Å²) in [5.41, 5.74) is 0. The van der Waals surface area contributed by atoms with Crippen molar-refractivity contribution in [2.45, 2.75) is 12.2 Å². The lowest BCUT2D eigenvalue weighted by Gasteiger charge is -2.15. The van der Waals surface area contributed by atoms with Gasteiger partial charge in [0.15, 0.2) is 18.5 Å². The molecule has 0 fully saturated rings. The molecule has 0 saturated carbocycles. The van der Waals surface area contributed by atoms with Crippen molar-refractivity contribution in [3.63, 3.8) is 0 Å². The Morgan fingerprint density at radius 2 is 2.07 bits per heavy atom. The summed E-state index contributed by atoms with van der Waals surface area (Å²) in [6.45, 7) is 0. The van der Waals surface area contributed by atoms with Crippen LogP contribution < -0.4 is 4.74 Å². The molecule has 1 aliphatic heterocycles. The number of halogens is 1. The number of hydrogen-bond acceptors (Lipinski definition) is 3. The summed E-state index contributed by atoms with van der Waals surface area (Å²) in [6, 6.07) is 6.95. The van der Waals surface area contributed by atoms with Crippen LogP contribution >= 0.6 is 11.6 Å². The summed E-state index contributed by atoms with van der Waals surface area (Å²) < 4.78 is 10.5. The first-order valence-electron chi connectivity index (χ1n) is 4.49. The van der Waals surface area contributed by atoms with Crippen LogP contribution in [-0.2, 0) is 9.53 Å². The molecule has 0 N–H and O–H groups in total. The molecule has 2 rings (SSSR count). The highest BCUT2D eigenvalue weighted by Crippen LogP contribution is 2.20. The fraction of sp³-hybridized carbons (Fsp3) is 0.182. The first kappa shape index (κ1) is 10.1. The Balaban J connectivity index is 2.05. The highest BCUT2D eigenvalue weighted by Gasteiger charge is 2.25. The second-order valence-corrected chi connectivity index (χ2v) is 3.54.